The van der Waals surface area contributed by atoms with Gasteiger partial charge in [0.05, 0.1) is 39.9 Å². The fourth-order valence-corrected chi connectivity index (χ4v) is 9.34. The maximum atomic E-state index is 13.0. The summed E-state index contributed by atoms with van der Waals surface area (Å²) in [7, 11) is 1.20. The third-order valence-corrected chi connectivity index (χ3v) is 14.5. The zero-order valence-electron chi connectivity index (χ0n) is 51.5. The van der Waals surface area contributed by atoms with Crippen LogP contribution in [0.25, 0.3) is 0 Å². The molecule has 9 heteroatoms. The van der Waals surface area contributed by atoms with Crippen LogP contribution in [0.4, 0.5) is 0 Å². The van der Waals surface area contributed by atoms with Gasteiger partial charge < -0.3 is 28.8 Å². The van der Waals surface area contributed by atoms with Crippen molar-refractivity contribution in [2.45, 2.75) is 264 Å². The molecule has 0 radical (unpaired) electrons. The molecule has 0 aromatic heterocycles. The van der Waals surface area contributed by atoms with E-state index in [0.717, 1.165) is 103 Å². The molecule has 3 unspecified atom stereocenters. The number of nitrogens with zero attached hydrogens (tertiary/aromatic N) is 1. The van der Waals surface area contributed by atoms with E-state index in [1.54, 1.807) is 6.08 Å². The Bertz CT molecular complexity index is 1750. The molecule has 0 fully saturated rings. The molecule has 3 atom stereocenters. The summed E-state index contributed by atoms with van der Waals surface area (Å²) in [6.45, 7) is 4.49. The van der Waals surface area contributed by atoms with Gasteiger partial charge in [-0.3, -0.25) is 9.36 Å². The largest absolute Gasteiger partial charge is 0.756 e. The molecule has 1 amide bonds. The fourth-order valence-electron chi connectivity index (χ4n) is 8.61. The molecule has 452 valence electrons. The molecule has 0 aliphatic rings. The van der Waals surface area contributed by atoms with Crippen molar-refractivity contribution in [2.24, 2.45) is 0 Å². The maximum absolute atomic E-state index is 13.0. The van der Waals surface area contributed by atoms with Crippen molar-refractivity contribution in [3.8, 4) is 0 Å². The molecule has 0 spiro atoms. The molecule has 0 rings (SSSR count). The van der Waals surface area contributed by atoms with Crippen LogP contribution in [-0.4, -0.2) is 68.5 Å². The number of phosphoric ester groups is 1. The van der Waals surface area contributed by atoms with E-state index in [1.165, 1.54) is 122 Å². The fraction of sp³-hybridized carbons (Fsp3) is 0.671. The number of carbonyl (C=O) groups is 1. The van der Waals surface area contributed by atoms with Crippen LogP contribution in [0.5, 0.6) is 0 Å². The Balaban J connectivity index is 4.32. The van der Waals surface area contributed by atoms with Crippen molar-refractivity contribution in [2.75, 3.05) is 40.9 Å². The summed E-state index contributed by atoms with van der Waals surface area (Å²) in [6, 6.07) is -0.936. The van der Waals surface area contributed by atoms with E-state index in [-0.39, 0.29) is 12.5 Å². The molecule has 2 N–H and O–H groups in total. The molecule has 0 aromatic rings. The number of quaternary nitrogens is 1. The van der Waals surface area contributed by atoms with Crippen LogP contribution in [0.2, 0.25) is 0 Å². The molecule has 0 aliphatic heterocycles. The van der Waals surface area contributed by atoms with Crippen LogP contribution in [-0.2, 0) is 18.4 Å². The van der Waals surface area contributed by atoms with E-state index in [1.807, 2.05) is 27.2 Å². The lowest BCUT2D eigenvalue weighted by molar-refractivity contribution is -0.870. The molecule has 79 heavy (non-hydrogen) atoms. The number of carbonyl (C=O) groups excluding carboxylic acids is 1. The van der Waals surface area contributed by atoms with E-state index in [4.69, 9.17) is 9.05 Å². The normalized spacial score (nSPS) is 14.7. The standard InChI is InChI=1S/C70H121N2O6P/c1-6-8-10-12-14-16-18-20-22-24-26-28-30-32-34-36-38-40-42-44-46-48-50-52-54-56-58-60-62-64-70(74)71-68(67-78-79(75,76)77-66-65-72(3,4)5)69(73)63-61-59-57-55-53-51-49-47-45-43-41-39-37-35-33-31-29-27-25-23-21-19-17-15-13-11-9-7-2/h8,10,14,16,20,22,26,28,32,34,38,40,44-47,50,52-53,55,61,63,68-69,73H,6-7,9,11-13,15,17-19,21,23-25,27,29-31,33,35-37,39,41-43,48-49,51,54,56-60,62,64-67H2,1-5H3,(H-,71,74,75,76)/b10-8-,16-14-,22-20-,28-26-,34-32-,40-38-,46-44-,47-45+,52-50-,55-53+,63-61+. The molecule has 8 nitrogen and oxygen atoms in total. The van der Waals surface area contributed by atoms with Crippen molar-refractivity contribution >= 4 is 13.7 Å². The van der Waals surface area contributed by atoms with Crippen LogP contribution in [0.15, 0.2) is 134 Å². The maximum Gasteiger partial charge on any atom is 0.268 e. The molecule has 0 saturated carbocycles. The summed E-state index contributed by atoms with van der Waals surface area (Å²) in [4.78, 5) is 25.6. The molecule has 0 bridgehead atoms. The molecular formula is C70H121N2O6P. The van der Waals surface area contributed by atoms with Gasteiger partial charge in [0, 0.05) is 6.42 Å². The van der Waals surface area contributed by atoms with Gasteiger partial charge in [-0.05, 0) is 109 Å². The predicted octanol–water partition coefficient (Wildman–Crippen LogP) is 19.6. The number of rotatable bonds is 57. The summed E-state index contributed by atoms with van der Waals surface area (Å²) in [5.41, 5.74) is 0. The summed E-state index contributed by atoms with van der Waals surface area (Å²) in [6.07, 6.45) is 89.8. The topological polar surface area (TPSA) is 108 Å². The highest BCUT2D eigenvalue weighted by molar-refractivity contribution is 7.45. The first kappa shape index (κ1) is 75.6. The number of phosphoric acid groups is 1. The number of aliphatic hydroxyl groups excluding tert-OH is 1. The van der Waals surface area contributed by atoms with Crippen molar-refractivity contribution in [1.29, 1.82) is 0 Å². The van der Waals surface area contributed by atoms with E-state index in [9.17, 15) is 19.4 Å². The van der Waals surface area contributed by atoms with E-state index < -0.39 is 26.6 Å². The number of likely N-dealkylation sites (N-methyl/N-ethyl adjacent to an activating group) is 1. The van der Waals surface area contributed by atoms with Crippen LogP contribution < -0.4 is 10.2 Å². The van der Waals surface area contributed by atoms with Gasteiger partial charge >= 0.3 is 0 Å². The molecule has 0 aliphatic carbocycles. The first-order valence-electron chi connectivity index (χ1n) is 32.0. The third kappa shape index (κ3) is 62.1. The van der Waals surface area contributed by atoms with Gasteiger partial charge in [-0.25, -0.2) is 0 Å². The number of hydrogen-bond acceptors (Lipinski definition) is 6. The van der Waals surface area contributed by atoms with E-state index in [0.29, 0.717) is 23.9 Å². The minimum atomic E-state index is -4.63. The van der Waals surface area contributed by atoms with Gasteiger partial charge in [0.1, 0.15) is 13.2 Å². The average molecular weight is 1120 g/mol. The summed E-state index contributed by atoms with van der Waals surface area (Å²) in [5.74, 6) is -0.240. The van der Waals surface area contributed by atoms with Gasteiger partial charge in [-0.1, -0.05) is 270 Å². The molecule has 0 saturated heterocycles. The van der Waals surface area contributed by atoms with Crippen molar-refractivity contribution in [3.63, 3.8) is 0 Å². The monoisotopic (exact) mass is 1120 g/mol. The summed E-state index contributed by atoms with van der Waals surface area (Å²) < 4.78 is 23.4. The van der Waals surface area contributed by atoms with Gasteiger partial charge in [-0.2, -0.15) is 0 Å². The minimum Gasteiger partial charge on any atom is -0.756 e. The first-order chi connectivity index (χ1) is 38.5. The van der Waals surface area contributed by atoms with E-state index >= 15 is 0 Å². The van der Waals surface area contributed by atoms with Gasteiger partial charge in [0.2, 0.25) is 5.91 Å². The highest BCUT2D eigenvalue weighted by Crippen LogP contribution is 2.38. The van der Waals surface area contributed by atoms with Crippen molar-refractivity contribution < 1.29 is 32.9 Å². The highest BCUT2D eigenvalue weighted by atomic mass is 31.2. The van der Waals surface area contributed by atoms with Crippen molar-refractivity contribution in [1.82, 2.24) is 5.32 Å². The van der Waals surface area contributed by atoms with Gasteiger partial charge in [0.25, 0.3) is 7.82 Å². The lowest BCUT2D eigenvalue weighted by atomic mass is 10.0. The van der Waals surface area contributed by atoms with Gasteiger partial charge in [0.15, 0.2) is 0 Å². The van der Waals surface area contributed by atoms with E-state index in [2.05, 4.69) is 141 Å². The second-order valence-corrected chi connectivity index (χ2v) is 23.8. The number of hydrogen-bond donors (Lipinski definition) is 2. The number of nitrogens with one attached hydrogen (secondary N) is 1. The van der Waals surface area contributed by atoms with Crippen LogP contribution in [0, 0.1) is 0 Å². The lowest BCUT2D eigenvalue weighted by Crippen LogP contribution is -2.45. The summed E-state index contributed by atoms with van der Waals surface area (Å²) >= 11 is 0. The number of aliphatic hydroxyl groups is 1. The zero-order valence-corrected chi connectivity index (χ0v) is 52.4. The second kappa shape index (κ2) is 59.3. The first-order valence-corrected chi connectivity index (χ1v) is 33.5. The number of unbranched alkanes of at least 4 members (excludes halogenated alkanes) is 24. The molecule has 0 aromatic carbocycles. The number of amides is 1. The Morgan fingerprint density at radius 3 is 1.18 bits per heavy atom. The SMILES string of the molecule is CC/C=C\C/C=C\C/C=C\C/C=C\C/C=C\C/C=C\C/C=C\C/C=C\CCCCCCC(=O)NC(COP(=O)([O-])OCC[N+](C)(C)C)C(O)/C=C/CC/C=C/CC/C=C/CCCCCCCCCCCCCCCCCCCC. The Morgan fingerprint density at radius 1 is 0.456 bits per heavy atom. The quantitative estimate of drug-likeness (QED) is 0.0272. The Morgan fingerprint density at radius 2 is 0.785 bits per heavy atom. The Labute approximate surface area is 487 Å². The summed E-state index contributed by atoms with van der Waals surface area (Å²) in [5, 5.41) is 13.9. The average Bonchev–Trinajstić information content (AvgIpc) is 3.42. The number of allylic oxidation sites excluding steroid dienone is 21. The minimum absolute atomic E-state index is 0.0221. The Hall–Kier alpha value is -3.36. The molecular weight excluding hydrogens is 996 g/mol. The smallest absolute Gasteiger partial charge is 0.268 e. The van der Waals surface area contributed by atoms with Crippen LogP contribution in [0.1, 0.15) is 251 Å². The van der Waals surface area contributed by atoms with Crippen LogP contribution in [0.3, 0.4) is 0 Å². The predicted molar refractivity (Wildman–Crippen MR) is 343 cm³/mol. The second-order valence-electron chi connectivity index (χ2n) is 22.4. The van der Waals surface area contributed by atoms with Gasteiger partial charge in [-0.15, -0.1) is 0 Å². The third-order valence-electron chi connectivity index (χ3n) is 13.6. The lowest BCUT2D eigenvalue weighted by Gasteiger charge is -2.29. The van der Waals surface area contributed by atoms with Crippen LogP contribution >= 0.6 is 7.82 Å². The zero-order chi connectivity index (χ0) is 57.7. The highest BCUT2D eigenvalue weighted by Gasteiger charge is 2.23. The van der Waals surface area contributed by atoms with Crippen molar-refractivity contribution in [3.05, 3.63) is 134 Å². The molecule has 0 heterocycles. The Kier molecular flexibility index (Phi) is 56.7.